The molecule has 0 aromatic heterocycles. The molecule has 2 aliphatic carbocycles. The standard InChI is InChI=1S/C17H30N2OS/c1-16(2,21-3)12-19-14(13-8-4-5-9-13)18-17(15(19)20)10-6-7-11-17/h13-14,18H,4-12H2,1-3H3. The Bertz CT molecular complexity index is 398. The Balaban J connectivity index is 1.83. The van der Waals surface area contributed by atoms with Gasteiger partial charge in [-0.3, -0.25) is 10.1 Å². The van der Waals surface area contributed by atoms with E-state index in [1.807, 2.05) is 11.8 Å². The molecule has 1 heterocycles. The largest absolute Gasteiger partial charge is 0.324 e. The van der Waals surface area contributed by atoms with E-state index in [0.29, 0.717) is 18.0 Å². The number of nitrogens with one attached hydrogen (secondary N) is 1. The molecular formula is C17H30N2OS. The van der Waals surface area contributed by atoms with Gasteiger partial charge in [-0.25, -0.2) is 0 Å². The van der Waals surface area contributed by atoms with Gasteiger partial charge in [0.15, 0.2) is 0 Å². The van der Waals surface area contributed by atoms with Crippen molar-refractivity contribution < 1.29 is 4.79 Å². The second-order valence-corrected chi connectivity index (χ2v) is 9.33. The fraction of sp³-hybridized carbons (Fsp3) is 0.941. The van der Waals surface area contributed by atoms with Gasteiger partial charge in [0.25, 0.3) is 0 Å². The molecule has 3 nitrogen and oxygen atoms in total. The van der Waals surface area contributed by atoms with Crippen LogP contribution in [0.5, 0.6) is 0 Å². The molecule has 1 atom stereocenters. The van der Waals surface area contributed by atoms with E-state index >= 15 is 0 Å². The summed E-state index contributed by atoms with van der Waals surface area (Å²) in [6.07, 6.45) is 12.2. The number of hydrogen-bond acceptors (Lipinski definition) is 3. The summed E-state index contributed by atoms with van der Waals surface area (Å²) in [5.41, 5.74) is -0.207. The van der Waals surface area contributed by atoms with Gasteiger partial charge in [-0.15, -0.1) is 0 Å². The first kappa shape index (κ1) is 15.7. The first-order chi connectivity index (χ1) is 9.97. The minimum Gasteiger partial charge on any atom is -0.324 e. The number of thioether (sulfide) groups is 1. The van der Waals surface area contributed by atoms with E-state index < -0.39 is 0 Å². The van der Waals surface area contributed by atoms with Gasteiger partial charge in [-0.1, -0.05) is 25.7 Å². The van der Waals surface area contributed by atoms with Gasteiger partial charge in [-0.05, 0) is 51.7 Å². The molecule has 0 radical (unpaired) electrons. The van der Waals surface area contributed by atoms with Crippen LogP contribution >= 0.6 is 11.8 Å². The zero-order valence-electron chi connectivity index (χ0n) is 13.8. The Morgan fingerprint density at radius 2 is 1.86 bits per heavy atom. The summed E-state index contributed by atoms with van der Waals surface area (Å²) >= 11 is 1.87. The van der Waals surface area contributed by atoms with Crippen molar-refractivity contribution in [2.75, 3.05) is 12.8 Å². The average Bonchev–Trinajstić information content (AvgIpc) is 3.17. The van der Waals surface area contributed by atoms with Crippen LogP contribution in [0.4, 0.5) is 0 Å². The molecule has 0 aromatic rings. The van der Waals surface area contributed by atoms with Gasteiger partial charge in [0.05, 0.1) is 11.7 Å². The molecular weight excluding hydrogens is 280 g/mol. The van der Waals surface area contributed by atoms with Gasteiger partial charge >= 0.3 is 0 Å². The molecule has 120 valence electrons. The number of hydrogen-bond donors (Lipinski definition) is 1. The van der Waals surface area contributed by atoms with Crippen LogP contribution < -0.4 is 5.32 Å². The number of nitrogens with zero attached hydrogens (tertiary/aromatic N) is 1. The van der Waals surface area contributed by atoms with Crippen LogP contribution in [0.1, 0.15) is 65.2 Å². The Morgan fingerprint density at radius 3 is 2.43 bits per heavy atom. The monoisotopic (exact) mass is 310 g/mol. The third kappa shape index (κ3) is 2.86. The van der Waals surface area contributed by atoms with E-state index in [9.17, 15) is 4.79 Å². The van der Waals surface area contributed by atoms with E-state index in [0.717, 1.165) is 19.4 Å². The van der Waals surface area contributed by atoms with Crippen LogP contribution in [-0.4, -0.2) is 40.1 Å². The van der Waals surface area contributed by atoms with Crippen LogP contribution in [-0.2, 0) is 4.79 Å². The van der Waals surface area contributed by atoms with Crippen molar-refractivity contribution in [3.63, 3.8) is 0 Å². The molecule has 3 rings (SSSR count). The fourth-order valence-electron chi connectivity index (χ4n) is 4.45. The molecule has 21 heavy (non-hydrogen) atoms. The zero-order chi connectivity index (χ0) is 15.1. The fourth-order valence-corrected chi connectivity index (χ4v) is 4.72. The van der Waals surface area contributed by atoms with Crippen molar-refractivity contribution in [1.29, 1.82) is 0 Å². The summed E-state index contributed by atoms with van der Waals surface area (Å²) in [4.78, 5) is 15.4. The third-order valence-corrected chi connectivity index (χ3v) is 7.07. The molecule has 1 spiro atoms. The highest BCUT2D eigenvalue weighted by Gasteiger charge is 2.54. The van der Waals surface area contributed by atoms with Crippen molar-refractivity contribution in [2.45, 2.75) is 81.7 Å². The van der Waals surface area contributed by atoms with E-state index in [4.69, 9.17) is 0 Å². The first-order valence-corrected chi connectivity index (χ1v) is 9.84. The molecule has 3 aliphatic rings. The predicted octanol–water partition coefficient (Wildman–Crippen LogP) is 3.39. The molecule has 1 N–H and O–H groups in total. The lowest BCUT2D eigenvalue weighted by molar-refractivity contribution is -0.133. The summed E-state index contributed by atoms with van der Waals surface area (Å²) in [5, 5.41) is 3.82. The molecule has 3 fully saturated rings. The van der Waals surface area contributed by atoms with Gasteiger partial charge in [0, 0.05) is 11.3 Å². The van der Waals surface area contributed by atoms with E-state index in [2.05, 4.69) is 30.3 Å². The minimum absolute atomic E-state index is 0.137. The molecule has 1 saturated heterocycles. The number of amides is 1. The summed E-state index contributed by atoms with van der Waals surface area (Å²) in [5.74, 6) is 1.07. The third-order valence-electron chi connectivity index (χ3n) is 5.84. The van der Waals surface area contributed by atoms with Crippen molar-refractivity contribution in [3.8, 4) is 0 Å². The normalized spacial score (nSPS) is 30.0. The maximum atomic E-state index is 13.1. The topological polar surface area (TPSA) is 32.3 Å². The Morgan fingerprint density at radius 1 is 1.24 bits per heavy atom. The summed E-state index contributed by atoms with van der Waals surface area (Å²) in [7, 11) is 0. The van der Waals surface area contributed by atoms with Crippen LogP contribution in [0.25, 0.3) is 0 Å². The van der Waals surface area contributed by atoms with Gasteiger partial charge in [-0.2, -0.15) is 11.8 Å². The number of rotatable bonds is 4. The van der Waals surface area contributed by atoms with E-state index in [1.54, 1.807) is 0 Å². The SMILES string of the molecule is CSC(C)(C)CN1C(=O)C2(CCCC2)NC1C1CCCC1. The lowest BCUT2D eigenvalue weighted by Gasteiger charge is -2.34. The molecule has 1 aliphatic heterocycles. The van der Waals surface area contributed by atoms with Gasteiger partial charge in [0.1, 0.15) is 0 Å². The highest BCUT2D eigenvalue weighted by Crippen LogP contribution is 2.42. The highest BCUT2D eigenvalue weighted by atomic mass is 32.2. The first-order valence-electron chi connectivity index (χ1n) is 8.61. The highest BCUT2D eigenvalue weighted by molar-refractivity contribution is 7.99. The van der Waals surface area contributed by atoms with E-state index in [1.165, 1.54) is 38.5 Å². The molecule has 4 heteroatoms. The number of carbonyl (C=O) groups excluding carboxylic acids is 1. The lowest BCUT2D eigenvalue weighted by Crippen LogP contribution is -2.47. The van der Waals surface area contributed by atoms with Gasteiger partial charge < -0.3 is 4.90 Å². The smallest absolute Gasteiger partial charge is 0.244 e. The Hall–Kier alpha value is -0.220. The van der Waals surface area contributed by atoms with E-state index in [-0.39, 0.29) is 10.3 Å². The molecule has 1 amide bonds. The Labute approximate surface area is 133 Å². The molecule has 2 saturated carbocycles. The van der Waals surface area contributed by atoms with Crippen molar-refractivity contribution >= 4 is 17.7 Å². The van der Waals surface area contributed by atoms with Gasteiger partial charge in [0.2, 0.25) is 5.91 Å². The quantitative estimate of drug-likeness (QED) is 0.864. The van der Waals surface area contributed by atoms with Crippen molar-refractivity contribution in [3.05, 3.63) is 0 Å². The second-order valence-electron chi connectivity index (χ2n) is 7.82. The van der Waals surface area contributed by atoms with Crippen LogP contribution in [0, 0.1) is 5.92 Å². The van der Waals surface area contributed by atoms with Crippen LogP contribution in [0.2, 0.25) is 0 Å². The Kier molecular flexibility index (Phi) is 4.30. The maximum absolute atomic E-state index is 13.1. The average molecular weight is 311 g/mol. The predicted molar refractivity (Wildman–Crippen MR) is 89.4 cm³/mol. The van der Waals surface area contributed by atoms with Crippen LogP contribution in [0.3, 0.4) is 0 Å². The summed E-state index contributed by atoms with van der Waals surface area (Å²) in [6.45, 7) is 5.40. The maximum Gasteiger partial charge on any atom is 0.244 e. The number of carbonyl (C=O) groups is 1. The minimum atomic E-state index is -0.207. The second kappa shape index (κ2) is 5.77. The van der Waals surface area contributed by atoms with Crippen molar-refractivity contribution in [2.24, 2.45) is 5.92 Å². The molecule has 0 aromatic carbocycles. The summed E-state index contributed by atoms with van der Waals surface area (Å²) in [6, 6.07) is 0. The zero-order valence-corrected chi connectivity index (χ0v) is 14.6. The van der Waals surface area contributed by atoms with Crippen LogP contribution in [0.15, 0.2) is 0 Å². The van der Waals surface area contributed by atoms with Crippen molar-refractivity contribution in [1.82, 2.24) is 10.2 Å². The summed E-state index contributed by atoms with van der Waals surface area (Å²) < 4.78 is 0.137. The molecule has 1 unspecified atom stereocenters. The molecule has 0 bridgehead atoms. The lowest BCUT2D eigenvalue weighted by atomic mass is 9.97.